The molecule has 0 saturated carbocycles. The number of nitriles is 1. The third-order valence-corrected chi connectivity index (χ3v) is 6.14. The van der Waals surface area contributed by atoms with Gasteiger partial charge in [-0.3, -0.25) is 4.79 Å². The maximum atomic E-state index is 12.7. The fourth-order valence-corrected chi connectivity index (χ4v) is 4.34. The van der Waals surface area contributed by atoms with Gasteiger partial charge in [0.15, 0.2) is 11.5 Å². The summed E-state index contributed by atoms with van der Waals surface area (Å²) in [5.41, 5.74) is 2.15. The van der Waals surface area contributed by atoms with Crippen LogP contribution in [0.15, 0.2) is 88.9 Å². The Bertz CT molecular complexity index is 1490. The van der Waals surface area contributed by atoms with Crippen LogP contribution in [0.5, 0.6) is 17.2 Å². The summed E-state index contributed by atoms with van der Waals surface area (Å²) < 4.78 is 17.7. The summed E-state index contributed by atoms with van der Waals surface area (Å²) in [7, 11) is 1.54. The van der Waals surface area contributed by atoms with Crippen LogP contribution in [0.4, 0.5) is 5.69 Å². The van der Waals surface area contributed by atoms with Crippen LogP contribution in [0.25, 0.3) is 16.8 Å². The SMILES string of the molecule is CCOc1ccc(NC(=O)/C(C#N)=C/c2cc(Br)c(OCc3ccc4ccccc4c3)c(OC)c2)cc1. The molecule has 0 aliphatic heterocycles. The molecule has 0 aliphatic rings. The van der Waals surface area contributed by atoms with Gasteiger partial charge in [-0.05, 0) is 93.3 Å². The Kier molecular flexibility index (Phi) is 8.44. The predicted molar refractivity (Wildman–Crippen MR) is 149 cm³/mol. The number of nitrogens with zero attached hydrogens (tertiary/aromatic N) is 1. The molecule has 0 spiro atoms. The molecule has 1 amide bonds. The van der Waals surface area contributed by atoms with Gasteiger partial charge < -0.3 is 19.5 Å². The molecular weight excluding hydrogens is 532 g/mol. The molecule has 7 heteroatoms. The number of amides is 1. The molecule has 1 N–H and O–H groups in total. The van der Waals surface area contributed by atoms with Crippen molar-refractivity contribution in [3.05, 3.63) is 100 Å². The Morgan fingerprint density at radius 3 is 2.46 bits per heavy atom. The zero-order chi connectivity index (χ0) is 26.2. The number of carbonyl (C=O) groups excluding carboxylic acids is 1. The van der Waals surface area contributed by atoms with E-state index < -0.39 is 5.91 Å². The standard InChI is InChI=1S/C30H25BrN2O4/c1-3-36-26-12-10-25(11-13-26)33-30(34)24(18-32)15-21-16-27(31)29(28(17-21)35-2)37-19-20-8-9-22-6-4-5-7-23(22)14-20/h4-17H,3,19H2,1-2H3,(H,33,34)/b24-15+. The van der Waals surface area contributed by atoms with Crippen LogP contribution >= 0.6 is 15.9 Å². The van der Waals surface area contributed by atoms with Gasteiger partial charge in [0.1, 0.15) is 24.0 Å². The Balaban J connectivity index is 1.50. The number of halogens is 1. The van der Waals surface area contributed by atoms with Gasteiger partial charge in [-0.2, -0.15) is 5.26 Å². The number of hydrogen-bond donors (Lipinski definition) is 1. The first-order valence-electron chi connectivity index (χ1n) is 11.6. The van der Waals surface area contributed by atoms with Crippen LogP contribution in [0, 0.1) is 11.3 Å². The Labute approximate surface area is 224 Å². The number of benzene rings is 4. The average molecular weight is 557 g/mol. The lowest BCUT2D eigenvalue weighted by Crippen LogP contribution is -2.13. The normalized spacial score (nSPS) is 11.0. The number of ether oxygens (including phenoxy) is 3. The number of carbonyl (C=O) groups is 1. The second kappa shape index (κ2) is 12.1. The lowest BCUT2D eigenvalue weighted by atomic mass is 10.1. The van der Waals surface area contributed by atoms with Gasteiger partial charge in [0.2, 0.25) is 0 Å². The summed E-state index contributed by atoms with van der Waals surface area (Å²) in [6.45, 7) is 2.80. The quantitative estimate of drug-likeness (QED) is 0.175. The second-order valence-electron chi connectivity index (χ2n) is 8.09. The van der Waals surface area contributed by atoms with Gasteiger partial charge in [0, 0.05) is 5.69 Å². The van der Waals surface area contributed by atoms with Gasteiger partial charge in [-0.25, -0.2) is 0 Å². The number of hydrogen-bond acceptors (Lipinski definition) is 5. The van der Waals surface area contributed by atoms with Crippen molar-refractivity contribution in [2.75, 3.05) is 19.0 Å². The van der Waals surface area contributed by atoms with E-state index in [0.717, 1.165) is 10.9 Å². The monoisotopic (exact) mass is 556 g/mol. The highest BCUT2D eigenvalue weighted by Crippen LogP contribution is 2.38. The fourth-order valence-electron chi connectivity index (χ4n) is 3.76. The topological polar surface area (TPSA) is 80.6 Å². The number of anilines is 1. The molecule has 4 rings (SSSR count). The third kappa shape index (κ3) is 6.49. The minimum Gasteiger partial charge on any atom is -0.494 e. The largest absolute Gasteiger partial charge is 0.494 e. The molecule has 0 fully saturated rings. The maximum absolute atomic E-state index is 12.7. The molecule has 37 heavy (non-hydrogen) atoms. The molecule has 0 bridgehead atoms. The molecule has 0 saturated heterocycles. The molecule has 0 heterocycles. The van der Waals surface area contributed by atoms with E-state index in [1.54, 1.807) is 43.5 Å². The third-order valence-electron chi connectivity index (χ3n) is 5.55. The minimum absolute atomic E-state index is 0.0485. The van der Waals surface area contributed by atoms with Crippen molar-refractivity contribution in [1.82, 2.24) is 0 Å². The predicted octanol–water partition coefficient (Wildman–Crippen LogP) is 7.13. The van der Waals surface area contributed by atoms with E-state index in [1.165, 1.54) is 11.5 Å². The summed E-state index contributed by atoms with van der Waals surface area (Å²) >= 11 is 3.54. The molecule has 4 aromatic rings. The zero-order valence-corrected chi connectivity index (χ0v) is 22.0. The number of methoxy groups -OCH3 is 1. The Morgan fingerprint density at radius 1 is 1.00 bits per heavy atom. The summed E-state index contributed by atoms with van der Waals surface area (Å²) in [5, 5.41) is 14.7. The molecule has 0 radical (unpaired) electrons. The average Bonchev–Trinajstić information content (AvgIpc) is 2.91. The van der Waals surface area contributed by atoms with Crippen molar-refractivity contribution in [3.8, 4) is 23.3 Å². The molecule has 0 aliphatic carbocycles. The first-order chi connectivity index (χ1) is 18.0. The first kappa shape index (κ1) is 25.8. The van der Waals surface area contributed by atoms with Crippen LogP contribution in [-0.2, 0) is 11.4 Å². The molecule has 0 unspecified atom stereocenters. The molecule has 6 nitrogen and oxygen atoms in total. The van der Waals surface area contributed by atoms with Crippen molar-refractivity contribution in [2.45, 2.75) is 13.5 Å². The molecule has 0 atom stereocenters. The fraction of sp³-hybridized carbons (Fsp3) is 0.133. The van der Waals surface area contributed by atoms with Crippen molar-refractivity contribution < 1.29 is 19.0 Å². The van der Waals surface area contributed by atoms with Crippen molar-refractivity contribution in [1.29, 1.82) is 5.26 Å². The van der Waals surface area contributed by atoms with Crippen molar-refractivity contribution in [3.63, 3.8) is 0 Å². The van der Waals surface area contributed by atoms with E-state index in [1.807, 2.05) is 31.2 Å². The molecule has 0 aromatic heterocycles. The van der Waals surface area contributed by atoms with Gasteiger partial charge in [-0.1, -0.05) is 36.4 Å². The van der Waals surface area contributed by atoms with E-state index in [0.29, 0.717) is 46.2 Å². The Morgan fingerprint density at radius 2 is 1.76 bits per heavy atom. The smallest absolute Gasteiger partial charge is 0.266 e. The van der Waals surface area contributed by atoms with E-state index in [2.05, 4.69) is 45.5 Å². The van der Waals surface area contributed by atoms with Gasteiger partial charge in [0.25, 0.3) is 5.91 Å². The number of fused-ring (bicyclic) bond motifs is 1. The first-order valence-corrected chi connectivity index (χ1v) is 12.4. The van der Waals surface area contributed by atoms with Crippen LogP contribution in [0.1, 0.15) is 18.1 Å². The van der Waals surface area contributed by atoms with Crippen molar-refractivity contribution in [2.24, 2.45) is 0 Å². The second-order valence-corrected chi connectivity index (χ2v) is 8.94. The highest BCUT2D eigenvalue weighted by atomic mass is 79.9. The molecular formula is C30H25BrN2O4. The molecule has 4 aromatic carbocycles. The summed E-state index contributed by atoms with van der Waals surface area (Å²) in [6.07, 6.45) is 1.50. The molecule has 186 valence electrons. The van der Waals surface area contributed by atoms with E-state index in [9.17, 15) is 10.1 Å². The summed E-state index contributed by atoms with van der Waals surface area (Å²) in [4.78, 5) is 12.7. The van der Waals surface area contributed by atoms with Crippen LogP contribution in [0.3, 0.4) is 0 Å². The Hall–Kier alpha value is -4.28. The van der Waals surface area contributed by atoms with Crippen LogP contribution in [0.2, 0.25) is 0 Å². The summed E-state index contributed by atoms with van der Waals surface area (Å²) in [5.74, 6) is 1.20. The van der Waals surface area contributed by atoms with Gasteiger partial charge >= 0.3 is 0 Å². The van der Waals surface area contributed by atoms with Crippen molar-refractivity contribution >= 4 is 44.4 Å². The van der Waals surface area contributed by atoms with Crippen LogP contribution in [-0.4, -0.2) is 19.6 Å². The lowest BCUT2D eigenvalue weighted by molar-refractivity contribution is -0.112. The van der Waals surface area contributed by atoms with Gasteiger partial charge in [0.05, 0.1) is 18.2 Å². The summed E-state index contributed by atoms with van der Waals surface area (Å²) in [6, 6.07) is 26.8. The van der Waals surface area contributed by atoms with Gasteiger partial charge in [-0.15, -0.1) is 0 Å². The lowest BCUT2D eigenvalue weighted by Gasteiger charge is -2.14. The number of rotatable bonds is 9. The van der Waals surface area contributed by atoms with E-state index in [4.69, 9.17) is 14.2 Å². The highest BCUT2D eigenvalue weighted by Gasteiger charge is 2.15. The van der Waals surface area contributed by atoms with E-state index in [-0.39, 0.29) is 5.57 Å². The minimum atomic E-state index is -0.515. The zero-order valence-electron chi connectivity index (χ0n) is 20.5. The highest BCUT2D eigenvalue weighted by molar-refractivity contribution is 9.10. The van der Waals surface area contributed by atoms with E-state index >= 15 is 0 Å². The number of nitrogens with one attached hydrogen (secondary N) is 1. The van der Waals surface area contributed by atoms with Crippen LogP contribution < -0.4 is 19.5 Å². The maximum Gasteiger partial charge on any atom is 0.266 e.